The summed E-state index contributed by atoms with van der Waals surface area (Å²) in [6, 6.07) is 0. The summed E-state index contributed by atoms with van der Waals surface area (Å²) >= 11 is 0. The van der Waals surface area contributed by atoms with E-state index in [4.69, 9.17) is 10.0 Å². The highest BCUT2D eigenvalue weighted by Crippen LogP contribution is 2.29. The number of carbonyl (C=O) groups is 4. The van der Waals surface area contributed by atoms with Gasteiger partial charge in [0.1, 0.15) is 0 Å². The first-order valence-electron chi connectivity index (χ1n) is 9.94. The van der Waals surface area contributed by atoms with Gasteiger partial charge in [0.15, 0.2) is 5.75 Å². The molecule has 0 bridgehead atoms. The second-order valence-corrected chi connectivity index (χ2v) is 7.34. The van der Waals surface area contributed by atoms with E-state index in [-0.39, 0.29) is 0 Å². The van der Waals surface area contributed by atoms with E-state index >= 15 is 0 Å². The fourth-order valence-electron chi connectivity index (χ4n) is 2.51. The van der Waals surface area contributed by atoms with Crippen molar-refractivity contribution in [2.45, 2.75) is 0 Å². The van der Waals surface area contributed by atoms with Crippen molar-refractivity contribution in [2.75, 3.05) is 28.2 Å². The molecule has 2 aliphatic carbocycles. The smallest absolute Gasteiger partial charge is 0.507 e. The maximum atomic E-state index is 12.7. The number of halogens is 5. The minimum Gasteiger partial charge on any atom is -0.507 e. The molecule has 0 atom stereocenters. The number of hydrogen-bond acceptors (Lipinski definition) is 9. The lowest BCUT2D eigenvalue weighted by molar-refractivity contribution is -0.132. The van der Waals surface area contributed by atoms with Crippen LogP contribution in [0.15, 0.2) is 47.9 Å². The molecule has 37 heavy (non-hydrogen) atoms. The molecule has 2 aliphatic rings. The summed E-state index contributed by atoms with van der Waals surface area (Å²) in [7, 11) is 4.23. The van der Waals surface area contributed by atoms with E-state index in [1.165, 1.54) is 12.2 Å². The van der Waals surface area contributed by atoms with Gasteiger partial charge in [-0.15, -0.1) is 0 Å². The lowest BCUT2D eigenvalue weighted by Gasteiger charge is -2.15. The molecule has 0 saturated carbocycles. The molecule has 9 nitrogen and oxygen atoms in total. The number of nitrogens with zero attached hydrogens (tertiary/aromatic N) is 2. The third-order valence-electron chi connectivity index (χ3n) is 4.27. The van der Waals surface area contributed by atoms with Crippen LogP contribution in [0.2, 0.25) is 0 Å². The maximum absolute atomic E-state index is 12.7. The van der Waals surface area contributed by atoms with Crippen molar-refractivity contribution in [1.29, 1.82) is 0 Å². The fourth-order valence-corrected chi connectivity index (χ4v) is 2.51. The predicted octanol–water partition coefficient (Wildman–Crippen LogP) is 1.01. The summed E-state index contributed by atoms with van der Waals surface area (Å²) in [5.74, 6) is -14.9. The molecule has 0 fully saturated rings. The lowest BCUT2D eigenvalue weighted by atomic mass is 10.1. The normalized spacial score (nSPS) is 14.1. The van der Waals surface area contributed by atoms with Crippen molar-refractivity contribution in [1.82, 2.24) is 9.80 Å². The summed E-state index contributed by atoms with van der Waals surface area (Å²) in [5.41, 5.74) is 0.884. The van der Waals surface area contributed by atoms with Crippen molar-refractivity contribution in [3.05, 3.63) is 76.9 Å². The average molecular weight is 530 g/mol. The van der Waals surface area contributed by atoms with Crippen molar-refractivity contribution >= 4 is 30.5 Å². The monoisotopic (exact) mass is 530 g/mol. The van der Waals surface area contributed by atoms with Gasteiger partial charge < -0.3 is 24.5 Å². The molecule has 198 valence electrons. The highest BCUT2D eigenvalue weighted by atomic mass is 19.2. The quantitative estimate of drug-likeness (QED) is 0.147. The van der Waals surface area contributed by atoms with Gasteiger partial charge in [-0.05, 0) is 24.3 Å². The standard InChI is InChI=1S/2C8H9NO2.C6H2BF5O3/c2*1-9(2)6-4-3-5-7(10)8(6)11;8-1-2(9)4(11)6(15-7(13)14)5(12)3(1)10/h2*3-5H,1-2H3;13-14H. The molecule has 0 heterocycles. The molecule has 0 aliphatic heterocycles. The summed E-state index contributed by atoms with van der Waals surface area (Å²) in [5, 5.41) is 16.3. The van der Waals surface area contributed by atoms with Crippen LogP contribution in [0.1, 0.15) is 0 Å². The van der Waals surface area contributed by atoms with Crippen LogP contribution in [-0.2, 0) is 19.2 Å². The van der Waals surface area contributed by atoms with E-state index in [1.807, 2.05) is 0 Å². The SMILES string of the molecule is CN(C)C1=CC=CC(=O)C1=O.CN(C)C1=CC=CC(=O)C1=O.OB(O)Oc1c(F)c(F)c(F)c(F)c1F. The van der Waals surface area contributed by atoms with E-state index in [0.29, 0.717) is 11.4 Å². The zero-order chi connectivity index (χ0) is 28.6. The number of ketones is 4. The van der Waals surface area contributed by atoms with Gasteiger partial charge in [-0.1, -0.05) is 12.2 Å². The Balaban J connectivity index is 0.000000283. The number of likely N-dealkylation sites (N-methyl/N-ethyl adjacent to an activating group) is 2. The minimum atomic E-state index is -2.70. The molecule has 1 aromatic carbocycles. The number of rotatable bonds is 4. The van der Waals surface area contributed by atoms with Gasteiger partial charge in [0.05, 0.1) is 11.4 Å². The molecule has 0 unspecified atom stereocenters. The molecule has 0 spiro atoms. The molecule has 15 heteroatoms. The minimum absolute atomic E-state index is 0.433. The van der Waals surface area contributed by atoms with E-state index in [2.05, 4.69) is 4.65 Å². The molecule has 2 N–H and O–H groups in total. The van der Waals surface area contributed by atoms with Crippen LogP contribution in [0.3, 0.4) is 0 Å². The zero-order valence-electron chi connectivity index (χ0n) is 19.8. The predicted molar refractivity (Wildman–Crippen MR) is 119 cm³/mol. The highest BCUT2D eigenvalue weighted by molar-refractivity contribution is 6.48. The Bertz CT molecular complexity index is 1140. The second-order valence-electron chi connectivity index (χ2n) is 7.34. The van der Waals surface area contributed by atoms with Crippen molar-refractivity contribution in [2.24, 2.45) is 0 Å². The van der Waals surface area contributed by atoms with E-state index in [9.17, 15) is 41.1 Å². The number of benzene rings is 1. The van der Waals surface area contributed by atoms with Crippen LogP contribution in [0.5, 0.6) is 5.75 Å². The first-order chi connectivity index (χ1) is 17.1. The van der Waals surface area contributed by atoms with Crippen LogP contribution in [0.25, 0.3) is 0 Å². The first-order valence-corrected chi connectivity index (χ1v) is 9.94. The summed E-state index contributed by atoms with van der Waals surface area (Å²) in [4.78, 5) is 47.0. The van der Waals surface area contributed by atoms with Gasteiger partial charge in [0, 0.05) is 28.2 Å². The molecule has 0 saturated heterocycles. The van der Waals surface area contributed by atoms with E-state index < -0.39 is 65.3 Å². The molecule has 3 rings (SSSR count). The Morgan fingerprint density at radius 3 is 1.24 bits per heavy atom. The van der Waals surface area contributed by atoms with Crippen LogP contribution < -0.4 is 4.65 Å². The summed E-state index contributed by atoms with van der Waals surface area (Å²) < 4.78 is 66.3. The van der Waals surface area contributed by atoms with Crippen LogP contribution in [0.4, 0.5) is 22.0 Å². The highest BCUT2D eigenvalue weighted by Gasteiger charge is 2.29. The molecule has 0 aromatic heterocycles. The molecular weight excluding hydrogens is 510 g/mol. The Hall–Kier alpha value is -4.11. The average Bonchev–Trinajstić information content (AvgIpc) is 2.83. The Morgan fingerprint density at radius 2 is 0.973 bits per heavy atom. The van der Waals surface area contributed by atoms with Crippen molar-refractivity contribution < 1.29 is 55.8 Å². The Morgan fingerprint density at radius 1 is 0.649 bits per heavy atom. The summed E-state index contributed by atoms with van der Waals surface area (Å²) in [6.07, 6.45) is 8.97. The molecule has 0 radical (unpaired) electrons. The number of hydrogen-bond donors (Lipinski definition) is 2. The number of allylic oxidation sites excluding steroid dienone is 8. The third-order valence-corrected chi connectivity index (χ3v) is 4.27. The maximum Gasteiger partial charge on any atom is 0.707 e. The molecule has 0 amide bonds. The van der Waals surface area contributed by atoms with E-state index in [1.54, 1.807) is 62.3 Å². The first kappa shape index (κ1) is 30.9. The fraction of sp³-hybridized carbons (Fsp3) is 0.182. The lowest BCUT2D eigenvalue weighted by Crippen LogP contribution is -2.26. The van der Waals surface area contributed by atoms with Gasteiger partial charge in [0.2, 0.25) is 52.2 Å². The summed E-state index contributed by atoms with van der Waals surface area (Å²) in [6.45, 7) is 0. The van der Waals surface area contributed by atoms with Gasteiger partial charge in [-0.2, -0.15) is 8.78 Å². The van der Waals surface area contributed by atoms with Gasteiger partial charge in [0.25, 0.3) is 0 Å². The third kappa shape index (κ3) is 7.95. The molecule has 1 aromatic rings. The number of carbonyl (C=O) groups excluding carboxylic acids is 4. The largest absolute Gasteiger partial charge is 0.707 e. The topological polar surface area (TPSA) is 124 Å². The second kappa shape index (κ2) is 13.3. The van der Waals surface area contributed by atoms with Gasteiger partial charge in [-0.3, -0.25) is 19.2 Å². The van der Waals surface area contributed by atoms with Crippen LogP contribution in [-0.4, -0.2) is 78.5 Å². The van der Waals surface area contributed by atoms with Crippen LogP contribution in [0, 0.1) is 29.1 Å². The molecular formula is C22H20BF5N2O7. The Kier molecular flexibility index (Phi) is 11.1. The van der Waals surface area contributed by atoms with Gasteiger partial charge in [-0.25, -0.2) is 13.2 Å². The zero-order valence-corrected chi connectivity index (χ0v) is 19.8. The van der Waals surface area contributed by atoms with Crippen LogP contribution >= 0.6 is 0 Å². The van der Waals surface area contributed by atoms with Crippen molar-refractivity contribution in [3.8, 4) is 5.75 Å². The Labute approximate surface area is 207 Å². The number of Topliss-reactive ketones (excluding diaryl/α,β-unsaturated/α-hetero) is 2. The van der Waals surface area contributed by atoms with E-state index in [0.717, 1.165) is 0 Å². The van der Waals surface area contributed by atoms with Gasteiger partial charge >= 0.3 is 7.32 Å². The van der Waals surface area contributed by atoms with Crippen molar-refractivity contribution in [3.63, 3.8) is 0 Å².